The first-order chi connectivity index (χ1) is 16.6. The fraction of sp³-hybridized carbons (Fsp3) is 0.484. The summed E-state index contributed by atoms with van der Waals surface area (Å²) in [7, 11) is 0. The van der Waals surface area contributed by atoms with E-state index in [1.54, 1.807) is 0 Å². The van der Waals surface area contributed by atoms with E-state index < -0.39 is 0 Å². The number of nitriles is 1. The van der Waals surface area contributed by atoms with Crippen molar-refractivity contribution in [3.8, 4) is 17.2 Å². The number of benzene rings is 2. The number of carbonyl (C=O) groups is 1. The molecule has 0 aromatic heterocycles. The summed E-state index contributed by atoms with van der Waals surface area (Å²) in [6.45, 7) is 6.06. The summed E-state index contributed by atoms with van der Waals surface area (Å²) in [4.78, 5) is 11.1. The molecule has 0 amide bonds. The number of rotatable bonds is 12. The molecule has 0 N–H and O–H groups in total. The van der Waals surface area contributed by atoms with Gasteiger partial charge in [-0.2, -0.15) is 5.26 Å². The Labute approximate surface area is 205 Å². The van der Waals surface area contributed by atoms with Crippen molar-refractivity contribution in [3.63, 3.8) is 0 Å². The van der Waals surface area contributed by atoms with Gasteiger partial charge in [0.25, 0.3) is 0 Å². The summed E-state index contributed by atoms with van der Waals surface area (Å²) in [5, 5.41) is 10.1. The third-order valence-electron chi connectivity index (χ3n) is 7.37. The summed E-state index contributed by atoms with van der Waals surface area (Å²) >= 11 is 0. The first-order valence-electron chi connectivity index (χ1n) is 13.0. The molecule has 2 unspecified atom stereocenters. The van der Waals surface area contributed by atoms with Crippen LogP contribution in [0.1, 0.15) is 88.2 Å². The zero-order valence-corrected chi connectivity index (χ0v) is 20.7. The van der Waals surface area contributed by atoms with Crippen LogP contribution in [0, 0.1) is 16.7 Å². The van der Waals surface area contributed by atoms with Gasteiger partial charge in [-0.05, 0) is 66.7 Å². The van der Waals surface area contributed by atoms with Gasteiger partial charge in [0, 0.05) is 6.08 Å². The van der Waals surface area contributed by atoms with Gasteiger partial charge in [0.15, 0.2) is 0 Å². The fourth-order valence-corrected chi connectivity index (χ4v) is 5.24. The van der Waals surface area contributed by atoms with Crippen molar-refractivity contribution in [1.29, 1.82) is 5.26 Å². The Morgan fingerprint density at radius 2 is 1.71 bits per heavy atom. The Kier molecular flexibility index (Phi) is 9.95. The van der Waals surface area contributed by atoms with Crippen molar-refractivity contribution in [3.05, 3.63) is 72.3 Å². The van der Waals surface area contributed by atoms with Crippen LogP contribution in [0.4, 0.5) is 0 Å². The standard InChI is InChI=1S/C31H39NO2/c1-3-25-12-14-26(15-13-25)27-16-18-28(19-17-27)29-11-10-21-31(23-29,24-32)20-8-6-5-7-9-22-34-30(33)4-2/h4,12-19,29H,2-3,5-11,20-23H2,1H3. The van der Waals surface area contributed by atoms with Gasteiger partial charge in [-0.3, -0.25) is 0 Å². The lowest BCUT2D eigenvalue weighted by atomic mass is 9.66. The molecule has 180 valence electrons. The summed E-state index contributed by atoms with van der Waals surface area (Å²) in [6.07, 6.45) is 12.9. The molecule has 0 saturated heterocycles. The van der Waals surface area contributed by atoms with Crippen LogP contribution in [0.15, 0.2) is 61.2 Å². The first kappa shape index (κ1) is 25.8. The van der Waals surface area contributed by atoms with Gasteiger partial charge < -0.3 is 4.74 Å². The van der Waals surface area contributed by atoms with Gasteiger partial charge in [-0.15, -0.1) is 0 Å². The molecule has 0 aliphatic heterocycles. The monoisotopic (exact) mass is 457 g/mol. The van der Waals surface area contributed by atoms with Crippen molar-refractivity contribution in [2.24, 2.45) is 5.41 Å². The largest absolute Gasteiger partial charge is 0.463 e. The molecule has 3 heteroatoms. The molecule has 1 aliphatic carbocycles. The van der Waals surface area contributed by atoms with E-state index in [0.29, 0.717) is 12.5 Å². The molecule has 0 radical (unpaired) electrons. The molecule has 3 rings (SSSR count). The highest BCUT2D eigenvalue weighted by Crippen LogP contribution is 2.46. The topological polar surface area (TPSA) is 50.1 Å². The molecule has 0 spiro atoms. The molecule has 0 bridgehead atoms. The fourth-order valence-electron chi connectivity index (χ4n) is 5.24. The van der Waals surface area contributed by atoms with Crippen molar-refractivity contribution < 1.29 is 9.53 Å². The van der Waals surface area contributed by atoms with E-state index in [9.17, 15) is 10.1 Å². The van der Waals surface area contributed by atoms with Gasteiger partial charge in [0.2, 0.25) is 0 Å². The van der Waals surface area contributed by atoms with Crippen LogP contribution >= 0.6 is 0 Å². The van der Waals surface area contributed by atoms with Crippen LogP contribution in [0.2, 0.25) is 0 Å². The molecular formula is C31H39NO2. The van der Waals surface area contributed by atoms with E-state index in [1.807, 2.05) is 0 Å². The van der Waals surface area contributed by atoms with Gasteiger partial charge in [-0.1, -0.05) is 94.1 Å². The van der Waals surface area contributed by atoms with Gasteiger partial charge in [-0.25, -0.2) is 4.79 Å². The zero-order valence-electron chi connectivity index (χ0n) is 20.7. The maximum atomic E-state index is 11.1. The molecule has 0 heterocycles. The number of carbonyl (C=O) groups excluding carboxylic acids is 1. The summed E-state index contributed by atoms with van der Waals surface area (Å²) in [5.74, 6) is 0.132. The minimum Gasteiger partial charge on any atom is -0.463 e. The van der Waals surface area contributed by atoms with E-state index in [2.05, 4.69) is 68.1 Å². The lowest BCUT2D eigenvalue weighted by molar-refractivity contribution is -0.137. The minimum atomic E-state index is -0.344. The van der Waals surface area contributed by atoms with Gasteiger partial charge in [0.1, 0.15) is 0 Å². The second-order valence-electron chi connectivity index (χ2n) is 9.75. The lowest BCUT2D eigenvalue weighted by Gasteiger charge is -2.36. The van der Waals surface area contributed by atoms with Crippen molar-refractivity contribution >= 4 is 5.97 Å². The molecular weight excluding hydrogens is 418 g/mol. The summed E-state index contributed by atoms with van der Waals surface area (Å²) < 4.78 is 5.02. The number of unbranched alkanes of at least 4 members (excludes halogenated alkanes) is 4. The molecule has 3 nitrogen and oxygen atoms in total. The molecule has 2 aromatic rings. The van der Waals surface area contributed by atoms with E-state index in [1.165, 1.54) is 34.8 Å². The number of aryl methyl sites for hydroxylation is 1. The second-order valence-corrected chi connectivity index (χ2v) is 9.75. The van der Waals surface area contributed by atoms with Crippen LogP contribution in [-0.4, -0.2) is 12.6 Å². The highest BCUT2D eigenvalue weighted by molar-refractivity contribution is 5.81. The molecule has 1 aliphatic rings. The third-order valence-corrected chi connectivity index (χ3v) is 7.37. The average Bonchev–Trinajstić information content (AvgIpc) is 2.90. The highest BCUT2D eigenvalue weighted by atomic mass is 16.5. The average molecular weight is 458 g/mol. The van der Waals surface area contributed by atoms with Gasteiger partial charge in [0.05, 0.1) is 18.1 Å². The Bertz CT molecular complexity index is 954. The van der Waals surface area contributed by atoms with Crippen LogP contribution < -0.4 is 0 Å². The Balaban J connectivity index is 1.48. The third kappa shape index (κ3) is 7.32. The lowest BCUT2D eigenvalue weighted by Crippen LogP contribution is -2.26. The van der Waals surface area contributed by atoms with Crippen molar-refractivity contribution in [1.82, 2.24) is 0 Å². The maximum absolute atomic E-state index is 11.1. The Morgan fingerprint density at radius 3 is 2.35 bits per heavy atom. The van der Waals surface area contributed by atoms with Crippen LogP contribution in [0.5, 0.6) is 0 Å². The molecule has 2 aromatic carbocycles. The molecule has 1 saturated carbocycles. The van der Waals surface area contributed by atoms with Crippen molar-refractivity contribution in [2.75, 3.05) is 6.61 Å². The molecule has 2 atom stereocenters. The SMILES string of the molecule is C=CC(=O)OCCCCCCCC1(C#N)CCCC(c2ccc(-c3ccc(CC)cc3)cc2)C1. The number of hydrogen-bond acceptors (Lipinski definition) is 3. The summed E-state index contributed by atoms with van der Waals surface area (Å²) in [6, 6.07) is 20.6. The Morgan fingerprint density at radius 1 is 1.06 bits per heavy atom. The molecule has 34 heavy (non-hydrogen) atoms. The predicted octanol–water partition coefficient (Wildman–Crippen LogP) is 8.15. The van der Waals surface area contributed by atoms with E-state index in [0.717, 1.165) is 64.2 Å². The van der Waals surface area contributed by atoms with E-state index in [4.69, 9.17) is 4.74 Å². The van der Waals surface area contributed by atoms with E-state index in [-0.39, 0.29) is 11.4 Å². The minimum absolute atomic E-state index is 0.183. The van der Waals surface area contributed by atoms with Crippen LogP contribution in [0.25, 0.3) is 11.1 Å². The predicted molar refractivity (Wildman–Crippen MR) is 139 cm³/mol. The van der Waals surface area contributed by atoms with Crippen LogP contribution in [-0.2, 0) is 16.0 Å². The van der Waals surface area contributed by atoms with E-state index >= 15 is 0 Å². The second kappa shape index (κ2) is 13.1. The number of ether oxygens (including phenoxy) is 1. The number of nitrogens with zero attached hydrogens (tertiary/aromatic N) is 1. The quantitative estimate of drug-likeness (QED) is 0.183. The Hall–Kier alpha value is -2.86. The van der Waals surface area contributed by atoms with Crippen molar-refractivity contribution in [2.45, 2.75) is 83.5 Å². The summed E-state index contributed by atoms with van der Waals surface area (Å²) in [5.41, 5.74) is 5.08. The molecule has 1 fully saturated rings. The van der Waals surface area contributed by atoms with Gasteiger partial charge >= 0.3 is 5.97 Å². The van der Waals surface area contributed by atoms with Crippen LogP contribution in [0.3, 0.4) is 0 Å². The normalized spacial score (nSPS) is 19.8. The maximum Gasteiger partial charge on any atom is 0.330 e. The number of hydrogen-bond donors (Lipinski definition) is 0. The smallest absolute Gasteiger partial charge is 0.330 e. The zero-order chi connectivity index (χ0) is 24.2. The highest BCUT2D eigenvalue weighted by Gasteiger charge is 2.36. The number of esters is 1. The first-order valence-corrected chi connectivity index (χ1v) is 13.0.